The molecule has 0 bridgehead atoms. The molecule has 0 saturated heterocycles. The number of ether oxygens (including phenoxy) is 1. The van der Waals surface area contributed by atoms with Gasteiger partial charge in [-0.3, -0.25) is 0 Å². The van der Waals surface area contributed by atoms with Crippen molar-refractivity contribution in [3.8, 4) is 5.75 Å². The lowest BCUT2D eigenvalue weighted by Crippen LogP contribution is -2.09. The molecule has 1 atom stereocenters. The van der Waals surface area contributed by atoms with Crippen molar-refractivity contribution in [2.24, 2.45) is 0 Å². The van der Waals surface area contributed by atoms with Crippen LogP contribution in [0.25, 0.3) is 0 Å². The fourth-order valence-electron chi connectivity index (χ4n) is 2.24. The van der Waals surface area contributed by atoms with Gasteiger partial charge in [-0.05, 0) is 44.0 Å². The van der Waals surface area contributed by atoms with Gasteiger partial charge in [-0.15, -0.1) is 0 Å². The summed E-state index contributed by atoms with van der Waals surface area (Å²) >= 11 is 0. The zero-order chi connectivity index (χ0) is 13.8. The van der Waals surface area contributed by atoms with Gasteiger partial charge in [-0.2, -0.15) is 0 Å². The van der Waals surface area contributed by atoms with Crippen molar-refractivity contribution >= 4 is 5.69 Å². The molecule has 0 radical (unpaired) electrons. The molecule has 0 fully saturated rings. The van der Waals surface area contributed by atoms with E-state index in [1.807, 2.05) is 18.2 Å². The average molecular weight is 255 g/mol. The Balaban J connectivity index is 2.26. The zero-order valence-electron chi connectivity index (χ0n) is 12.0. The molecule has 1 N–H and O–H groups in total. The highest BCUT2D eigenvalue weighted by molar-refractivity contribution is 5.55. The first-order chi connectivity index (χ1) is 9.13. The average Bonchev–Trinajstić information content (AvgIpc) is 2.43. The van der Waals surface area contributed by atoms with Gasteiger partial charge in [0.15, 0.2) is 0 Å². The Morgan fingerprint density at radius 2 is 1.74 bits per heavy atom. The Labute approximate surface area is 115 Å². The van der Waals surface area contributed by atoms with Crippen molar-refractivity contribution in [1.29, 1.82) is 0 Å². The Kier molecular flexibility index (Phi) is 4.10. The molecule has 100 valence electrons. The lowest BCUT2D eigenvalue weighted by molar-refractivity contribution is 0.408. The van der Waals surface area contributed by atoms with Gasteiger partial charge in [0, 0.05) is 11.3 Å². The molecule has 2 nitrogen and oxygen atoms in total. The summed E-state index contributed by atoms with van der Waals surface area (Å²) in [6, 6.07) is 14.7. The van der Waals surface area contributed by atoms with Crippen molar-refractivity contribution in [1.82, 2.24) is 0 Å². The molecule has 2 heteroatoms. The van der Waals surface area contributed by atoms with Crippen LogP contribution >= 0.6 is 0 Å². The number of methoxy groups -OCH3 is 1. The third-order valence-corrected chi connectivity index (χ3v) is 3.58. The first kappa shape index (κ1) is 13.5. The lowest BCUT2D eigenvalue weighted by Gasteiger charge is -2.20. The standard InChI is InChI=1S/C17H21NO/c1-12-8-7-10-16(13(12)2)18-14(3)15-9-5-6-11-17(15)19-4/h5-11,14,18H,1-4H3. The predicted octanol–water partition coefficient (Wildman–Crippen LogP) is 4.49. The monoisotopic (exact) mass is 255 g/mol. The summed E-state index contributed by atoms with van der Waals surface area (Å²) in [5.74, 6) is 0.924. The van der Waals surface area contributed by atoms with Gasteiger partial charge in [0.1, 0.15) is 5.75 Å². The largest absolute Gasteiger partial charge is 0.496 e. The van der Waals surface area contributed by atoms with Gasteiger partial charge < -0.3 is 10.1 Å². The maximum absolute atomic E-state index is 5.42. The number of aryl methyl sites for hydroxylation is 1. The van der Waals surface area contributed by atoms with Crippen molar-refractivity contribution in [2.45, 2.75) is 26.8 Å². The molecule has 2 aromatic carbocycles. The summed E-state index contributed by atoms with van der Waals surface area (Å²) in [5.41, 5.74) is 4.95. The highest BCUT2D eigenvalue weighted by Crippen LogP contribution is 2.29. The van der Waals surface area contributed by atoms with Gasteiger partial charge in [0.05, 0.1) is 13.2 Å². The Morgan fingerprint density at radius 1 is 1.00 bits per heavy atom. The Morgan fingerprint density at radius 3 is 2.47 bits per heavy atom. The van der Waals surface area contributed by atoms with Crippen LogP contribution in [-0.4, -0.2) is 7.11 Å². The van der Waals surface area contributed by atoms with Crippen LogP contribution in [0.5, 0.6) is 5.75 Å². The van der Waals surface area contributed by atoms with E-state index < -0.39 is 0 Å². The molecule has 1 unspecified atom stereocenters. The second-order valence-electron chi connectivity index (χ2n) is 4.86. The Hall–Kier alpha value is -1.96. The van der Waals surface area contributed by atoms with E-state index in [-0.39, 0.29) is 6.04 Å². The molecule has 0 heterocycles. The number of hydrogen-bond donors (Lipinski definition) is 1. The first-order valence-electron chi connectivity index (χ1n) is 6.59. The number of benzene rings is 2. The third kappa shape index (κ3) is 2.90. The molecule has 0 spiro atoms. The fraction of sp³-hybridized carbons (Fsp3) is 0.294. The summed E-state index contributed by atoms with van der Waals surface area (Å²) in [7, 11) is 1.71. The van der Waals surface area contributed by atoms with Gasteiger partial charge in [0.2, 0.25) is 0 Å². The summed E-state index contributed by atoms with van der Waals surface area (Å²) in [6.45, 7) is 6.43. The second kappa shape index (κ2) is 5.79. The van der Waals surface area contributed by atoms with E-state index in [2.05, 4.69) is 50.4 Å². The highest BCUT2D eigenvalue weighted by atomic mass is 16.5. The molecule has 0 aromatic heterocycles. The van der Waals surface area contributed by atoms with Crippen LogP contribution in [0.3, 0.4) is 0 Å². The molecule has 0 saturated carbocycles. The van der Waals surface area contributed by atoms with E-state index in [1.54, 1.807) is 7.11 Å². The lowest BCUT2D eigenvalue weighted by atomic mass is 10.0. The van der Waals surface area contributed by atoms with Crippen LogP contribution < -0.4 is 10.1 Å². The SMILES string of the molecule is COc1ccccc1C(C)Nc1cccc(C)c1C. The highest BCUT2D eigenvalue weighted by Gasteiger charge is 2.11. The van der Waals surface area contributed by atoms with Crippen LogP contribution in [0.1, 0.15) is 29.7 Å². The second-order valence-corrected chi connectivity index (χ2v) is 4.86. The van der Waals surface area contributed by atoms with Crippen LogP contribution in [0.2, 0.25) is 0 Å². The van der Waals surface area contributed by atoms with Crippen molar-refractivity contribution < 1.29 is 4.74 Å². The topological polar surface area (TPSA) is 21.3 Å². The van der Waals surface area contributed by atoms with E-state index >= 15 is 0 Å². The summed E-state index contributed by atoms with van der Waals surface area (Å²) in [4.78, 5) is 0. The molecule has 0 amide bonds. The zero-order valence-corrected chi connectivity index (χ0v) is 12.0. The van der Waals surface area contributed by atoms with Crippen molar-refractivity contribution in [3.05, 3.63) is 59.2 Å². The Bertz CT molecular complexity index is 563. The van der Waals surface area contributed by atoms with E-state index in [0.717, 1.165) is 5.75 Å². The molecule has 2 aromatic rings. The molecule has 2 rings (SSSR count). The van der Waals surface area contributed by atoms with E-state index in [9.17, 15) is 0 Å². The minimum absolute atomic E-state index is 0.205. The molecular weight excluding hydrogens is 234 g/mol. The van der Waals surface area contributed by atoms with E-state index in [0.29, 0.717) is 0 Å². The maximum Gasteiger partial charge on any atom is 0.124 e. The van der Waals surface area contributed by atoms with Crippen LogP contribution in [0, 0.1) is 13.8 Å². The van der Waals surface area contributed by atoms with Gasteiger partial charge in [0.25, 0.3) is 0 Å². The minimum atomic E-state index is 0.205. The molecule has 0 aliphatic rings. The summed E-state index contributed by atoms with van der Waals surface area (Å²) in [6.07, 6.45) is 0. The molecule has 0 aliphatic carbocycles. The van der Waals surface area contributed by atoms with Gasteiger partial charge in [-0.25, -0.2) is 0 Å². The number of nitrogens with one attached hydrogen (secondary N) is 1. The van der Waals surface area contributed by atoms with E-state index in [1.165, 1.54) is 22.4 Å². The molecule has 19 heavy (non-hydrogen) atoms. The number of anilines is 1. The first-order valence-corrected chi connectivity index (χ1v) is 6.59. The van der Waals surface area contributed by atoms with Crippen molar-refractivity contribution in [3.63, 3.8) is 0 Å². The quantitative estimate of drug-likeness (QED) is 0.869. The van der Waals surface area contributed by atoms with Gasteiger partial charge in [-0.1, -0.05) is 30.3 Å². The molecular formula is C17H21NO. The van der Waals surface area contributed by atoms with Crippen LogP contribution in [0.15, 0.2) is 42.5 Å². The maximum atomic E-state index is 5.42. The fourth-order valence-corrected chi connectivity index (χ4v) is 2.24. The smallest absolute Gasteiger partial charge is 0.124 e. The van der Waals surface area contributed by atoms with Gasteiger partial charge >= 0.3 is 0 Å². The number of hydrogen-bond acceptors (Lipinski definition) is 2. The summed E-state index contributed by atoms with van der Waals surface area (Å²) < 4.78 is 5.42. The third-order valence-electron chi connectivity index (χ3n) is 3.58. The minimum Gasteiger partial charge on any atom is -0.496 e. The van der Waals surface area contributed by atoms with Crippen molar-refractivity contribution in [2.75, 3.05) is 12.4 Å². The van der Waals surface area contributed by atoms with Crippen LogP contribution in [0.4, 0.5) is 5.69 Å². The molecule has 0 aliphatic heterocycles. The van der Waals surface area contributed by atoms with E-state index in [4.69, 9.17) is 4.74 Å². The van der Waals surface area contributed by atoms with Crippen LogP contribution in [-0.2, 0) is 0 Å². The summed E-state index contributed by atoms with van der Waals surface area (Å²) in [5, 5.41) is 3.56. The predicted molar refractivity (Wildman–Crippen MR) is 80.9 cm³/mol. The normalized spacial score (nSPS) is 12.0. The number of para-hydroxylation sites is 1. The number of rotatable bonds is 4.